The normalized spacial score (nSPS) is 12.7. The van der Waals surface area contributed by atoms with E-state index in [-0.39, 0.29) is 31.0 Å². The molecule has 0 unspecified atom stereocenters. The highest BCUT2D eigenvalue weighted by molar-refractivity contribution is 9.10. The Bertz CT molecular complexity index is 912. The van der Waals surface area contributed by atoms with E-state index in [9.17, 15) is 9.59 Å². The molecule has 0 aromatic heterocycles. The lowest BCUT2D eigenvalue weighted by Crippen LogP contribution is -2.50. The lowest BCUT2D eigenvalue weighted by atomic mass is 10.1. The third-order valence-electron chi connectivity index (χ3n) is 5.18. The molecule has 31 heavy (non-hydrogen) atoms. The topological polar surface area (TPSA) is 58.6 Å². The van der Waals surface area contributed by atoms with Crippen molar-refractivity contribution in [3.63, 3.8) is 0 Å². The van der Waals surface area contributed by atoms with Crippen LogP contribution in [0.5, 0.6) is 5.75 Å². The van der Waals surface area contributed by atoms with Crippen LogP contribution in [-0.4, -0.2) is 35.4 Å². The number of carbonyl (C=O) groups excluding carboxylic acids is 2. The Hall–Kier alpha value is -2.05. The minimum absolute atomic E-state index is 0.0306. The summed E-state index contributed by atoms with van der Waals surface area (Å²) >= 11 is 9.64. The lowest BCUT2D eigenvalue weighted by molar-refractivity contribution is -0.142. The predicted molar refractivity (Wildman–Crippen MR) is 128 cm³/mol. The second-order valence-electron chi connectivity index (χ2n) is 7.81. The van der Waals surface area contributed by atoms with Gasteiger partial charge in [0.05, 0.1) is 0 Å². The van der Waals surface area contributed by atoms with Crippen molar-refractivity contribution in [3.05, 3.63) is 62.6 Å². The largest absolute Gasteiger partial charge is 0.484 e. The summed E-state index contributed by atoms with van der Waals surface area (Å²) in [6.45, 7) is 9.71. The van der Waals surface area contributed by atoms with Gasteiger partial charge in [0.2, 0.25) is 5.91 Å². The van der Waals surface area contributed by atoms with Crippen LogP contribution in [0.2, 0.25) is 5.02 Å². The van der Waals surface area contributed by atoms with Crippen LogP contribution in [0, 0.1) is 13.8 Å². The number of hydrogen-bond acceptors (Lipinski definition) is 3. The first kappa shape index (κ1) is 25.2. The average Bonchev–Trinajstić information content (AvgIpc) is 2.73. The second kappa shape index (κ2) is 11.5. The number of amides is 2. The SMILES string of the molecule is CC[C@@H](C)NC(=O)[C@@H](C)N(Cc1cccc(Cl)c1)C(=O)COc1cc(C)c(Br)c(C)c1. The van der Waals surface area contributed by atoms with E-state index in [0.29, 0.717) is 10.8 Å². The minimum atomic E-state index is -0.655. The van der Waals surface area contributed by atoms with Gasteiger partial charge in [0.25, 0.3) is 5.91 Å². The Labute approximate surface area is 198 Å². The first-order valence-electron chi connectivity index (χ1n) is 10.4. The maximum absolute atomic E-state index is 13.1. The second-order valence-corrected chi connectivity index (χ2v) is 9.03. The molecule has 0 aliphatic rings. The van der Waals surface area contributed by atoms with E-state index < -0.39 is 6.04 Å². The Morgan fingerprint density at radius 2 is 1.81 bits per heavy atom. The van der Waals surface area contributed by atoms with Gasteiger partial charge in [-0.3, -0.25) is 9.59 Å². The number of carbonyl (C=O) groups is 2. The summed E-state index contributed by atoms with van der Waals surface area (Å²) in [5.74, 6) is 0.149. The van der Waals surface area contributed by atoms with E-state index in [0.717, 1.165) is 27.6 Å². The Balaban J connectivity index is 2.19. The van der Waals surface area contributed by atoms with E-state index >= 15 is 0 Å². The third kappa shape index (κ3) is 7.25. The summed E-state index contributed by atoms with van der Waals surface area (Å²) in [7, 11) is 0. The summed E-state index contributed by atoms with van der Waals surface area (Å²) in [5, 5.41) is 3.53. The number of hydrogen-bond donors (Lipinski definition) is 1. The fourth-order valence-corrected chi connectivity index (χ4v) is 3.54. The molecule has 2 aromatic carbocycles. The molecule has 2 atom stereocenters. The van der Waals surface area contributed by atoms with E-state index in [2.05, 4.69) is 21.2 Å². The number of nitrogens with one attached hydrogen (secondary N) is 1. The van der Waals surface area contributed by atoms with Gasteiger partial charge in [-0.2, -0.15) is 0 Å². The molecule has 1 N–H and O–H groups in total. The van der Waals surface area contributed by atoms with Gasteiger partial charge < -0.3 is 15.0 Å². The van der Waals surface area contributed by atoms with Crippen molar-refractivity contribution >= 4 is 39.3 Å². The molecule has 0 radical (unpaired) electrons. The number of benzene rings is 2. The van der Waals surface area contributed by atoms with Crippen molar-refractivity contribution < 1.29 is 14.3 Å². The van der Waals surface area contributed by atoms with Gasteiger partial charge in [-0.05, 0) is 75.1 Å². The highest BCUT2D eigenvalue weighted by Gasteiger charge is 2.27. The molecule has 0 aliphatic carbocycles. The van der Waals surface area contributed by atoms with Crippen molar-refractivity contribution in [1.82, 2.24) is 10.2 Å². The van der Waals surface area contributed by atoms with E-state index in [1.54, 1.807) is 19.1 Å². The fraction of sp³-hybridized carbons (Fsp3) is 0.417. The molecule has 2 rings (SSSR count). The monoisotopic (exact) mass is 508 g/mol. The number of rotatable bonds is 9. The third-order valence-corrected chi connectivity index (χ3v) is 6.67. The van der Waals surface area contributed by atoms with Gasteiger partial charge in [-0.25, -0.2) is 0 Å². The van der Waals surface area contributed by atoms with Crippen LogP contribution in [-0.2, 0) is 16.1 Å². The molecular weight excluding hydrogens is 480 g/mol. The molecule has 168 valence electrons. The highest BCUT2D eigenvalue weighted by atomic mass is 79.9. The molecule has 0 aliphatic heterocycles. The van der Waals surface area contributed by atoms with E-state index in [4.69, 9.17) is 16.3 Å². The maximum atomic E-state index is 13.1. The van der Waals surface area contributed by atoms with E-state index in [1.165, 1.54) is 4.90 Å². The number of ether oxygens (including phenoxy) is 1. The van der Waals surface area contributed by atoms with Gasteiger partial charge in [-0.15, -0.1) is 0 Å². The van der Waals surface area contributed by atoms with Crippen molar-refractivity contribution in [2.45, 2.75) is 59.7 Å². The first-order valence-corrected chi connectivity index (χ1v) is 11.5. The molecule has 0 saturated carbocycles. The summed E-state index contributed by atoms with van der Waals surface area (Å²) in [6.07, 6.45) is 0.812. The van der Waals surface area contributed by atoms with Gasteiger partial charge >= 0.3 is 0 Å². The standard InChI is InChI=1S/C24H30BrClN2O3/c1-6-17(4)27-24(30)18(5)28(13-19-8-7-9-20(26)12-19)22(29)14-31-21-10-15(2)23(25)16(3)11-21/h7-12,17-18H,6,13-14H2,1-5H3,(H,27,30)/t17-,18-/m1/s1. The van der Waals surface area contributed by atoms with E-state index in [1.807, 2.05) is 52.0 Å². The summed E-state index contributed by atoms with van der Waals surface area (Å²) in [5.41, 5.74) is 2.90. The Kier molecular flexibility index (Phi) is 9.38. The van der Waals surface area contributed by atoms with Crippen LogP contribution in [0.15, 0.2) is 40.9 Å². The summed E-state index contributed by atoms with van der Waals surface area (Å²) in [6, 6.07) is 10.4. The van der Waals surface area contributed by atoms with Gasteiger partial charge in [0.1, 0.15) is 11.8 Å². The van der Waals surface area contributed by atoms with Gasteiger partial charge in [0, 0.05) is 22.1 Å². The Morgan fingerprint density at radius 1 is 1.16 bits per heavy atom. The molecule has 2 aromatic rings. The molecule has 5 nitrogen and oxygen atoms in total. The molecule has 0 spiro atoms. The average molecular weight is 510 g/mol. The van der Waals surface area contributed by atoms with Crippen LogP contribution in [0.1, 0.15) is 43.9 Å². The minimum Gasteiger partial charge on any atom is -0.484 e. The lowest BCUT2D eigenvalue weighted by Gasteiger charge is -2.29. The van der Waals surface area contributed by atoms with Crippen LogP contribution in [0.3, 0.4) is 0 Å². The molecule has 0 heterocycles. The zero-order chi connectivity index (χ0) is 23.1. The molecule has 2 amide bonds. The van der Waals surface area contributed by atoms with Gasteiger partial charge in [0.15, 0.2) is 6.61 Å². The number of nitrogens with zero attached hydrogens (tertiary/aromatic N) is 1. The van der Waals surface area contributed by atoms with Crippen molar-refractivity contribution in [1.29, 1.82) is 0 Å². The Morgan fingerprint density at radius 3 is 2.39 bits per heavy atom. The van der Waals surface area contributed by atoms with Crippen molar-refractivity contribution in [2.24, 2.45) is 0 Å². The molecule has 0 saturated heterocycles. The zero-order valence-corrected chi connectivity index (χ0v) is 21.0. The zero-order valence-electron chi connectivity index (χ0n) is 18.7. The smallest absolute Gasteiger partial charge is 0.261 e. The van der Waals surface area contributed by atoms with Crippen molar-refractivity contribution in [3.8, 4) is 5.75 Å². The highest BCUT2D eigenvalue weighted by Crippen LogP contribution is 2.26. The maximum Gasteiger partial charge on any atom is 0.261 e. The predicted octanol–water partition coefficient (Wildman–Crippen LogP) is 5.43. The molecular formula is C24H30BrClN2O3. The number of aryl methyl sites for hydroxylation is 2. The molecule has 0 fully saturated rings. The quantitative estimate of drug-likeness (QED) is 0.490. The first-order chi connectivity index (χ1) is 14.6. The van der Waals surface area contributed by atoms with Crippen LogP contribution in [0.25, 0.3) is 0 Å². The molecule has 7 heteroatoms. The van der Waals surface area contributed by atoms with Crippen LogP contribution < -0.4 is 10.1 Å². The van der Waals surface area contributed by atoms with Gasteiger partial charge in [-0.1, -0.05) is 46.6 Å². The van der Waals surface area contributed by atoms with Crippen LogP contribution >= 0.6 is 27.5 Å². The summed E-state index contributed by atoms with van der Waals surface area (Å²) in [4.78, 5) is 27.4. The van der Waals surface area contributed by atoms with Crippen LogP contribution in [0.4, 0.5) is 0 Å². The van der Waals surface area contributed by atoms with Crippen molar-refractivity contribution in [2.75, 3.05) is 6.61 Å². The molecule has 0 bridgehead atoms. The number of halogens is 2. The summed E-state index contributed by atoms with van der Waals surface area (Å²) < 4.78 is 6.81. The fourth-order valence-electron chi connectivity index (χ4n) is 3.10.